The predicted octanol–water partition coefficient (Wildman–Crippen LogP) is 4.66. The third-order valence-electron chi connectivity index (χ3n) is 4.99. The van der Waals surface area contributed by atoms with Crippen molar-refractivity contribution in [1.82, 2.24) is 5.32 Å². The number of halogens is 2. The molecule has 3 rings (SSSR count). The maximum Gasteiger partial charge on any atom is 0.253 e. The normalized spacial score (nSPS) is 29.4. The zero-order chi connectivity index (χ0) is 14.3. The molecule has 2 bridgehead atoms. The lowest BCUT2D eigenvalue weighted by atomic mass is 9.84. The van der Waals surface area contributed by atoms with Gasteiger partial charge < -0.3 is 5.32 Å². The highest BCUT2D eigenvalue weighted by Crippen LogP contribution is 2.49. The standard InChI is InChI=1S/C16H19BrClNO/c1-9(13-8-10-5-6-11(13)7-10)19-16(20)12-3-2-4-14(17)15(12)18/h2-4,9-11,13H,5-8H2,1H3,(H,19,20). The molecule has 0 radical (unpaired) electrons. The minimum Gasteiger partial charge on any atom is -0.349 e. The Balaban J connectivity index is 1.68. The lowest BCUT2D eigenvalue weighted by molar-refractivity contribution is 0.0915. The molecule has 2 aliphatic rings. The second kappa shape index (κ2) is 5.69. The van der Waals surface area contributed by atoms with E-state index in [9.17, 15) is 4.79 Å². The van der Waals surface area contributed by atoms with Gasteiger partial charge in [0.2, 0.25) is 0 Å². The van der Waals surface area contributed by atoms with Crippen LogP contribution in [-0.2, 0) is 0 Å². The van der Waals surface area contributed by atoms with E-state index in [4.69, 9.17) is 11.6 Å². The molecule has 4 unspecified atom stereocenters. The molecule has 0 spiro atoms. The summed E-state index contributed by atoms with van der Waals surface area (Å²) < 4.78 is 0.763. The molecule has 0 saturated heterocycles. The molecule has 1 aromatic carbocycles. The van der Waals surface area contributed by atoms with Crippen molar-refractivity contribution in [2.75, 3.05) is 0 Å². The zero-order valence-corrected chi connectivity index (χ0v) is 13.9. The number of fused-ring (bicyclic) bond motifs is 2. The largest absolute Gasteiger partial charge is 0.349 e. The first-order chi connectivity index (χ1) is 9.56. The fraction of sp³-hybridized carbons (Fsp3) is 0.562. The van der Waals surface area contributed by atoms with Crippen LogP contribution in [0.2, 0.25) is 5.02 Å². The quantitative estimate of drug-likeness (QED) is 0.838. The average Bonchev–Trinajstić information content (AvgIpc) is 3.04. The fourth-order valence-electron chi connectivity index (χ4n) is 3.98. The lowest BCUT2D eigenvalue weighted by Gasteiger charge is -2.28. The van der Waals surface area contributed by atoms with Gasteiger partial charge in [-0.15, -0.1) is 0 Å². The monoisotopic (exact) mass is 355 g/mol. The number of benzene rings is 1. The van der Waals surface area contributed by atoms with Gasteiger partial charge in [-0.25, -0.2) is 0 Å². The summed E-state index contributed by atoms with van der Waals surface area (Å²) in [6.07, 6.45) is 5.37. The molecule has 2 saturated carbocycles. The Morgan fingerprint density at radius 3 is 2.85 bits per heavy atom. The summed E-state index contributed by atoms with van der Waals surface area (Å²) in [6.45, 7) is 2.13. The van der Waals surface area contributed by atoms with Gasteiger partial charge in [-0.1, -0.05) is 24.1 Å². The molecular formula is C16H19BrClNO. The summed E-state index contributed by atoms with van der Waals surface area (Å²) in [5.41, 5.74) is 0.552. The van der Waals surface area contributed by atoms with E-state index in [0.717, 1.165) is 16.3 Å². The first-order valence-corrected chi connectivity index (χ1v) is 8.48. The molecule has 0 aromatic heterocycles. The van der Waals surface area contributed by atoms with Gasteiger partial charge in [-0.3, -0.25) is 4.79 Å². The summed E-state index contributed by atoms with van der Waals surface area (Å²) in [5.74, 6) is 2.29. The molecule has 2 nitrogen and oxygen atoms in total. The SMILES string of the molecule is CC(NC(=O)c1cccc(Br)c1Cl)C1CC2CCC1C2. The molecule has 20 heavy (non-hydrogen) atoms. The van der Waals surface area contributed by atoms with Gasteiger partial charge in [0.05, 0.1) is 10.6 Å². The van der Waals surface area contributed by atoms with E-state index < -0.39 is 0 Å². The summed E-state index contributed by atoms with van der Waals surface area (Å²) >= 11 is 9.55. The minimum absolute atomic E-state index is 0.0634. The van der Waals surface area contributed by atoms with Crippen molar-refractivity contribution in [1.29, 1.82) is 0 Å². The second-order valence-electron chi connectivity index (χ2n) is 6.20. The molecule has 1 N–H and O–H groups in total. The van der Waals surface area contributed by atoms with Crippen LogP contribution in [0.5, 0.6) is 0 Å². The Labute approximate surface area is 133 Å². The molecule has 4 heteroatoms. The molecule has 4 atom stereocenters. The summed E-state index contributed by atoms with van der Waals surface area (Å²) in [4.78, 5) is 12.4. The van der Waals surface area contributed by atoms with Crippen LogP contribution in [0.15, 0.2) is 22.7 Å². The Morgan fingerprint density at radius 2 is 2.20 bits per heavy atom. The van der Waals surface area contributed by atoms with Crippen LogP contribution >= 0.6 is 27.5 Å². The fourth-order valence-corrected chi connectivity index (χ4v) is 4.56. The second-order valence-corrected chi connectivity index (χ2v) is 7.43. The van der Waals surface area contributed by atoms with Gasteiger partial charge in [-0.2, -0.15) is 0 Å². The van der Waals surface area contributed by atoms with Crippen LogP contribution in [0.25, 0.3) is 0 Å². The van der Waals surface area contributed by atoms with Gasteiger partial charge in [0.1, 0.15) is 0 Å². The van der Waals surface area contributed by atoms with E-state index in [-0.39, 0.29) is 11.9 Å². The Kier molecular flexibility index (Phi) is 4.09. The third kappa shape index (κ3) is 2.62. The van der Waals surface area contributed by atoms with Crippen molar-refractivity contribution in [3.63, 3.8) is 0 Å². The van der Waals surface area contributed by atoms with E-state index in [0.29, 0.717) is 16.5 Å². The van der Waals surface area contributed by atoms with Crippen molar-refractivity contribution in [2.24, 2.45) is 17.8 Å². The van der Waals surface area contributed by atoms with E-state index in [2.05, 4.69) is 28.2 Å². The highest BCUT2D eigenvalue weighted by molar-refractivity contribution is 9.10. The number of hydrogen-bond donors (Lipinski definition) is 1. The van der Waals surface area contributed by atoms with Gasteiger partial charge in [-0.05, 0) is 72.0 Å². The molecule has 1 amide bonds. The first kappa shape index (κ1) is 14.4. The molecule has 2 fully saturated rings. The molecular weight excluding hydrogens is 338 g/mol. The van der Waals surface area contributed by atoms with Crippen molar-refractivity contribution >= 4 is 33.4 Å². The Hall–Kier alpha value is -0.540. The van der Waals surface area contributed by atoms with Crippen molar-refractivity contribution in [3.8, 4) is 0 Å². The van der Waals surface area contributed by atoms with Crippen molar-refractivity contribution < 1.29 is 4.79 Å². The Bertz CT molecular complexity index is 533. The highest BCUT2D eigenvalue weighted by Gasteiger charge is 2.42. The van der Waals surface area contributed by atoms with Crippen LogP contribution in [-0.4, -0.2) is 11.9 Å². The number of rotatable bonds is 3. The summed E-state index contributed by atoms with van der Waals surface area (Å²) in [6, 6.07) is 5.69. The van der Waals surface area contributed by atoms with Crippen LogP contribution in [0.3, 0.4) is 0 Å². The molecule has 0 heterocycles. The number of carbonyl (C=O) groups is 1. The van der Waals surface area contributed by atoms with E-state index in [1.54, 1.807) is 6.07 Å². The van der Waals surface area contributed by atoms with Crippen LogP contribution in [0, 0.1) is 17.8 Å². The van der Waals surface area contributed by atoms with Crippen LogP contribution < -0.4 is 5.32 Å². The maximum absolute atomic E-state index is 12.4. The smallest absolute Gasteiger partial charge is 0.253 e. The third-order valence-corrected chi connectivity index (χ3v) is 6.29. The predicted molar refractivity (Wildman–Crippen MR) is 85.0 cm³/mol. The van der Waals surface area contributed by atoms with Gasteiger partial charge in [0.15, 0.2) is 0 Å². The Morgan fingerprint density at radius 1 is 1.40 bits per heavy atom. The molecule has 2 aliphatic carbocycles. The number of amides is 1. The highest BCUT2D eigenvalue weighted by atomic mass is 79.9. The van der Waals surface area contributed by atoms with Crippen molar-refractivity contribution in [2.45, 2.75) is 38.6 Å². The van der Waals surface area contributed by atoms with Gasteiger partial charge >= 0.3 is 0 Å². The van der Waals surface area contributed by atoms with E-state index in [1.165, 1.54) is 25.7 Å². The van der Waals surface area contributed by atoms with Crippen LogP contribution in [0.4, 0.5) is 0 Å². The van der Waals surface area contributed by atoms with E-state index >= 15 is 0 Å². The number of nitrogens with one attached hydrogen (secondary N) is 1. The summed E-state index contributed by atoms with van der Waals surface area (Å²) in [5, 5.41) is 3.64. The van der Waals surface area contributed by atoms with E-state index in [1.807, 2.05) is 12.1 Å². The minimum atomic E-state index is -0.0634. The summed E-state index contributed by atoms with van der Waals surface area (Å²) in [7, 11) is 0. The van der Waals surface area contributed by atoms with Crippen LogP contribution in [0.1, 0.15) is 43.0 Å². The van der Waals surface area contributed by atoms with Gasteiger partial charge in [0, 0.05) is 10.5 Å². The molecule has 1 aromatic rings. The first-order valence-electron chi connectivity index (χ1n) is 7.31. The maximum atomic E-state index is 12.4. The topological polar surface area (TPSA) is 29.1 Å². The number of carbonyl (C=O) groups excluding carboxylic acids is 1. The molecule has 0 aliphatic heterocycles. The average molecular weight is 357 g/mol. The lowest BCUT2D eigenvalue weighted by Crippen LogP contribution is -2.40. The van der Waals surface area contributed by atoms with Crippen molar-refractivity contribution in [3.05, 3.63) is 33.3 Å². The molecule has 108 valence electrons. The van der Waals surface area contributed by atoms with Gasteiger partial charge in [0.25, 0.3) is 5.91 Å². The number of hydrogen-bond acceptors (Lipinski definition) is 1. The zero-order valence-electron chi connectivity index (χ0n) is 11.5.